The molecule has 0 aromatic carbocycles. The molecule has 1 saturated carbocycles. The summed E-state index contributed by atoms with van der Waals surface area (Å²) >= 11 is 0. The maximum atomic E-state index is 11.6. The van der Waals surface area contributed by atoms with Crippen molar-refractivity contribution < 1.29 is 14.7 Å². The lowest BCUT2D eigenvalue weighted by Crippen LogP contribution is -2.40. The number of aliphatic hydroxyl groups is 1. The Morgan fingerprint density at radius 3 is 2.69 bits per heavy atom. The van der Waals surface area contributed by atoms with Crippen LogP contribution in [0.15, 0.2) is 0 Å². The molecule has 1 heterocycles. The lowest BCUT2D eigenvalue weighted by Gasteiger charge is -2.17. The van der Waals surface area contributed by atoms with E-state index in [0.717, 1.165) is 19.3 Å². The van der Waals surface area contributed by atoms with Gasteiger partial charge in [-0.3, -0.25) is 14.5 Å². The van der Waals surface area contributed by atoms with Gasteiger partial charge in [-0.1, -0.05) is 6.42 Å². The highest BCUT2D eigenvalue weighted by Crippen LogP contribution is 2.25. The van der Waals surface area contributed by atoms with Crippen LogP contribution in [0.25, 0.3) is 0 Å². The van der Waals surface area contributed by atoms with Crippen molar-refractivity contribution in [2.24, 2.45) is 5.92 Å². The van der Waals surface area contributed by atoms with Crippen LogP contribution in [0.2, 0.25) is 0 Å². The average molecular weight is 226 g/mol. The summed E-state index contributed by atoms with van der Waals surface area (Å²) in [5.41, 5.74) is 0. The maximum absolute atomic E-state index is 11.6. The van der Waals surface area contributed by atoms with Crippen LogP contribution < -0.4 is 5.32 Å². The molecule has 3 atom stereocenters. The summed E-state index contributed by atoms with van der Waals surface area (Å²) < 4.78 is 0. The SMILES string of the molecule is CN1C(=O)CC(NCC2CCCC2O)C1=O. The number of likely N-dealkylation sites (N-methyl/N-ethyl adjacent to an activating group) is 1. The number of amides is 2. The first-order valence-electron chi connectivity index (χ1n) is 5.81. The molecule has 0 radical (unpaired) electrons. The van der Waals surface area contributed by atoms with E-state index in [-0.39, 0.29) is 36.3 Å². The molecule has 0 spiro atoms. The third kappa shape index (κ3) is 2.10. The normalized spacial score (nSPS) is 35.1. The van der Waals surface area contributed by atoms with Crippen molar-refractivity contribution in [3.63, 3.8) is 0 Å². The van der Waals surface area contributed by atoms with E-state index in [4.69, 9.17) is 0 Å². The number of carbonyl (C=O) groups excluding carboxylic acids is 2. The van der Waals surface area contributed by atoms with Crippen molar-refractivity contribution in [1.82, 2.24) is 10.2 Å². The van der Waals surface area contributed by atoms with Crippen molar-refractivity contribution >= 4 is 11.8 Å². The van der Waals surface area contributed by atoms with Gasteiger partial charge in [-0.05, 0) is 18.8 Å². The van der Waals surface area contributed by atoms with Crippen molar-refractivity contribution in [3.8, 4) is 0 Å². The van der Waals surface area contributed by atoms with Gasteiger partial charge in [-0.2, -0.15) is 0 Å². The van der Waals surface area contributed by atoms with Gasteiger partial charge < -0.3 is 10.4 Å². The van der Waals surface area contributed by atoms with Crippen molar-refractivity contribution in [3.05, 3.63) is 0 Å². The number of aliphatic hydroxyl groups excluding tert-OH is 1. The molecule has 2 aliphatic rings. The average Bonchev–Trinajstić information content (AvgIpc) is 2.76. The number of carbonyl (C=O) groups is 2. The number of hydrogen-bond acceptors (Lipinski definition) is 4. The van der Waals surface area contributed by atoms with E-state index >= 15 is 0 Å². The van der Waals surface area contributed by atoms with Gasteiger partial charge in [0.2, 0.25) is 11.8 Å². The molecule has 2 N–H and O–H groups in total. The van der Waals surface area contributed by atoms with Crippen LogP contribution in [0.4, 0.5) is 0 Å². The summed E-state index contributed by atoms with van der Waals surface area (Å²) in [6, 6.07) is -0.384. The molecule has 1 aliphatic heterocycles. The topological polar surface area (TPSA) is 69.6 Å². The Bertz CT molecular complexity index is 306. The largest absolute Gasteiger partial charge is 0.393 e. The first-order chi connectivity index (χ1) is 7.59. The van der Waals surface area contributed by atoms with Gasteiger partial charge >= 0.3 is 0 Å². The molecule has 2 rings (SSSR count). The van der Waals surface area contributed by atoms with Crippen LogP contribution in [-0.4, -0.2) is 47.6 Å². The predicted octanol–water partition coefficient (Wildman–Crippen LogP) is -0.506. The maximum Gasteiger partial charge on any atom is 0.246 e. The molecule has 16 heavy (non-hydrogen) atoms. The first kappa shape index (κ1) is 11.5. The zero-order chi connectivity index (χ0) is 11.7. The van der Waals surface area contributed by atoms with Crippen LogP contribution in [0.1, 0.15) is 25.7 Å². The summed E-state index contributed by atoms with van der Waals surface area (Å²) in [5, 5.41) is 12.7. The van der Waals surface area contributed by atoms with E-state index in [1.54, 1.807) is 0 Å². The lowest BCUT2D eigenvalue weighted by molar-refractivity contribution is -0.137. The molecular weight excluding hydrogens is 208 g/mol. The van der Waals surface area contributed by atoms with Gasteiger partial charge in [0.15, 0.2) is 0 Å². The third-order valence-electron chi connectivity index (χ3n) is 3.63. The van der Waals surface area contributed by atoms with E-state index in [1.807, 2.05) is 0 Å². The van der Waals surface area contributed by atoms with Gasteiger partial charge in [0.1, 0.15) is 0 Å². The van der Waals surface area contributed by atoms with Crippen molar-refractivity contribution in [2.75, 3.05) is 13.6 Å². The number of hydrogen-bond donors (Lipinski definition) is 2. The summed E-state index contributed by atoms with van der Waals surface area (Å²) in [6.07, 6.45) is 2.89. The second-order valence-corrected chi connectivity index (χ2v) is 4.71. The zero-order valence-corrected chi connectivity index (χ0v) is 9.48. The van der Waals surface area contributed by atoms with Crippen LogP contribution in [0.5, 0.6) is 0 Å². The first-order valence-corrected chi connectivity index (χ1v) is 5.81. The number of imide groups is 1. The predicted molar refractivity (Wildman–Crippen MR) is 57.5 cm³/mol. The second kappa shape index (κ2) is 4.51. The Labute approximate surface area is 94.8 Å². The minimum absolute atomic E-state index is 0.130. The number of nitrogens with zero attached hydrogens (tertiary/aromatic N) is 1. The summed E-state index contributed by atoms with van der Waals surface area (Å²) in [7, 11) is 1.51. The molecule has 2 fully saturated rings. The van der Waals surface area contributed by atoms with E-state index in [1.165, 1.54) is 11.9 Å². The molecule has 5 heteroatoms. The van der Waals surface area contributed by atoms with Gasteiger partial charge in [0.25, 0.3) is 0 Å². The second-order valence-electron chi connectivity index (χ2n) is 4.71. The molecule has 5 nitrogen and oxygen atoms in total. The Kier molecular flexibility index (Phi) is 3.25. The Morgan fingerprint density at radius 1 is 1.44 bits per heavy atom. The molecule has 0 aromatic heterocycles. The van der Waals surface area contributed by atoms with Gasteiger partial charge in [-0.25, -0.2) is 0 Å². The van der Waals surface area contributed by atoms with E-state index in [0.29, 0.717) is 6.54 Å². The molecule has 90 valence electrons. The Hall–Kier alpha value is -0.940. The van der Waals surface area contributed by atoms with E-state index in [9.17, 15) is 14.7 Å². The molecule has 1 aliphatic carbocycles. The quantitative estimate of drug-likeness (QED) is 0.636. The van der Waals surface area contributed by atoms with Crippen LogP contribution in [-0.2, 0) is 9.59 Å². The fourth-order valence-electron chi connectivity index (χ4n) is 2.46. The molecule has 0 bridgehead atoms. The van der Waals surface area contributed by atoms with Crippen molar-refractivity contribution in [1.29, 1.82) is 0 Å². The molecule has 2 amide bonds. The van der Waals surface area contributed by atoms with E-state index < -0.39 is 0 Å². The van der Waals surface area contributed by atoms with E-state index in [2.05, 4.69) is 5.32 Å². The highest BCUT2D eigenvalue weighted by atomic mass is 16.3. The highest BCUT2D eigenvalue weighted by Gasteiger charge is 2.36. The fourth-order valence-corrected chi connectivity index (χ4v) is 2.46. The van der Waals surface area contributed by atoms with Crippen LogP contribution in [0, 0.1) is 5.92 Å². The van der Waals surface area contributed by atoms with Gasteiger partial charge in [0.05, 0.1) is 18.6 Å². The Morgan fingerprint density at radius 2 is 2.19 bits per heavy atom. The van der Waals surface area contributed by atoms with Gasteiger partial charge in [0, 0.05) is 13.6 Å². The fraction of sp³-hybridized carbons (Fsp3) is 0.818. The summed E-state index contributed by atoms with van der Waals surface area (Å²) in [4.78, 5) is 24.0. The molecular formula is C11H18N2O3. The number of rotatable bonds is 3. The summed E-state index contributed by atoms with van der Waals surface area (Å²) in [6.45, 7) is 0.624. The number of nitrogens with one attached hydrogen (secondary N) is 1. The molecule has 0 aromatic rings. The molecule has 3 unspecified atom stereocenters. The van der Waals surface area contributed by atoms with Crippen molar-refractivity contribution in [2.45, 2.75) is 37.8 Å². The minimum Gasteiger partial charge on any atom is -0.393 e. The van der Waals surface area contributed by atoms with Gasteiger partial charge in [-0.15, -0.1) is 0 Å². The minimum atomic E-state index is -0.384. The smallest absolute Gasteiger partial charge is 0.246 e. The van der Waals surface area contributed by atoms with Crippen LogP contribution >= 0.6 is 0 Å². The standard InChI is InChI=1S/C11H18N2O3/c1-13-10(15)5-8(11(13)16)12-6-7-3-2-4-9(7)14/h7-9,12,14H,2-6H2,1H3. The monoisotopic (exact) mass is 226 g/mol. The Balaban J connectivity index is 1.82. The highest BCUT2D eigenvalue weighted by molar-refractivity contribution is 6.05. The third-order valence-corrected chi connectivity index (χ3v) is 3.63. The molecule has 1 saturated heterocycles. The number of likely N-dealkylation sites (tertiary alicyclic amines) is 1. The van der Waals surface area contributed by atoms with Crippen LogP contribution in [0.3, 0.4) is 0 Å². The summed E-state index contributed by atoms with van der Waals surface area (Å²) in [5.74, 6) is -0.0548. The zero-order valence-electron chi connectivity index (χ0n) is 9.48. The lowest BCUT2D eigenvalue weighted by atomic mass is 10.1.